The molecule has 0 spiro atoms. The molecule has 0 atom stereocenters. The average Bonchev–Trinajstić information content (AvgIpc) is 2.44. The standard InChI is InChI=1S/C13H15N5O3/c1-2-21-8-5-6(11(16)19)3-4-7(8)12-17-10(15)9(14)13(20)18-12/h3-5H,2,14H2,1H3,(H2,16,19)(H3,15,17,18,20). The minimum Gasteiger partial charge on any atom is -0.493 e. The summed E-state index contributed by atoms with van der Waals surface area (Å²) in [6.07, 6.45) is 0. The van der Waals surface area contributed by atoms with Crippen molar-refractivity contribution in [3.8, 4) is 17.1 Å². The summed E-state index contributed by atoms with van der Waals surface area (Å²) in [7, 11) is 0. The fourth-order valence-electron chi connectivity index (χ4n) is 1.77. The number of ether oxygens (including phenoxy) is 1. The molecule has 1 aromatic carbocycles. The van der Waals surface area contributed by atoms with Gasteiger partial charge in [0.2, 0.25) is 5.91 Å². The van der Waals surface area contributed by atoms with Crippen molar-refractivity contribution in [1.82, 2.24) is 9.97 Å². The van der Waals surface area contributed by atoms with Crippen LogP contribution in [0.2, 0.25) is 0 Å². The van der Waals surface area contributed by atoms with E-state index >= 15 is 0 Å². The van der Waals surface area contributed by atoms with E-state index in [1.807, 2.05) is 0 Å². The van der Waals surface area contributed by atoms with Crippen molar-refractivity contribution in [2.45, 2.75) is 6.92 Å². The lowest BCUT2D eigenvalue weighted by atomic mass is 10.1. The highest BCUT2D eigenvalue weighted by molar-refractivity contribution is 5.94. The number of aromatic nitrogens is 2. The molecule has 0 unspecified atom stereocenters. The van der Waals surface area contributed by atoms with Crippen LogP contribution in [-0.4, -0.2) is 22.5 Å². The molecule has 0 fully saturated rings. The van der Waals surface area contributed by atoms with Gasteiger partial charge in [-0.25, -0.2) is 4.98 Å². The number of carbonyl (C=O) groups excluding carboxylic acids is 1. The van der Waals surface area contributed by atoms with Crippen LogP contribution in [0.15, 0.2) is 23.0 Å². The molecule has 0 radical (unpaired) electrons. The van der Waals surface area contributed by atoms with Crippen molar-refractivity contribution in [1.29, 1.82) is 0 Å². The number of anilines is 2. The first-order valence-electron chi connectivity index (χ1n) is 6.16. The second-order valence-corrected chi connectivity index (χ2v) is 4.22. The summed E-state index contributed by atoms with van der Waals surface area (Å²) in [4.78, 5) is 29.4. The number of nitrogens with one attached hydrogen (secondary N) is 1. The molecule has 0 bridgehead atoms. The molecule has 8 nitrogen and oxygen atoms in total. The first-order valence-corrected chi connectivity index (χ1v) is 6.16. The molecule has 0 aliphatic rings. The molecule has 0 aliphatic carbocycles. The first kappa shape index (κ1) is 14.4. The normalized spacial score (nSPS) is 10.3. The van der Waals surface area contributed by atoms with Gasteiger partial charge in [-0.2, -0.15) is 0 Å². The molecule has 0 saturated carbocycles. The number of rotatable bonds is 4. The summed E-state index contributed by atoms with van der Waals surface area (Å²) in [5, 5.41) is 0. The number of benzene rings is 1. The number of H-pyrrole nitrogens is 1. The van der Waals surface area contributed by atoms with Gasteiger partial charge in [0.1, 0.15) is 17.3 Å². The zero-order valence-corrected chi connectivity index (χ0v) is 11.3. The molecule has 110 valence electrons. The maximum Gasteiger partial charge on any atom is 0.276 e. The van der Waals surface area contributed by atoms with E-state index in [-0.39, 0.29) is 22.9 Å². The fourth-order valence-corrected chi connectivity index (χ4v) is 1.77. The highest BCUT2D eigenvalue weighted by atomic mass is 16.5. The average molecular weight is 289 g/mol. The second-order valence-electron chi connectivity index (χ2n) is 4.22. The first-order chi connectivity index (χ1) is 9.93. The third-order valence-electron chi connectivity index (χ3n) is 2.81. The molecule has 2 rings (SSSR count). The van der Waals surface area contributed by atoms with E-state index in [9.17, 15) is 9.59 Å². The van der Waals surface area contributed by atoms with Gasteiger partial charge >= 0.3 is 0 Å². The summed E-state index contributed by atoms with van der Waals surface area (Å²) >= 11 is 0. The Morgan fingerprint density at radius 3 is 2.67 bits per heavy atom. The number of hydrogen-bond donors (Lipinski definition) is 4. The molecule has 21 heavy (non-hydrogen) atoms. The number of nitrogens with two attached hydrogens (primary N) is 3. The topological polar surface area (TPSA) is 150 Å². The molecule has 1 aromatic heterocycles. The van der Waals surface area contributed by atoms with Crippen molar-refractivity contribution in [2.75, 3.05) is 18.1 Å². The quantitative estimate of drug-likeness (QED) is 0.626. The van der Waals surface area contributed by atoms with Crippen LogP contribution in [-0.2, 0) is 0 Å². The Labute approximate surface area is 119 Å². The molecule has 2 aromatic rings. The van der Waals surface area contributed by atoms with Crippen molar-refractivity contribution in [3.63, 3.8) is 0 Å². The van der Waals surface area contributed by atoms with Crippen molar-refractivity contribution in [2.24, 2.45) is 5.73 Å². The van der Waals surface area contributed by atoms with Gasteiger partial charge in [-0.1, -0.05) is 0 Å². The zero-order valence-electron chi connectivity index (χ0n) is 11.3. The third-order valence-corrected chi connectivity index (χ3v) is 2.81. The smallest absolute Gasteiger partial charge is 0.276 e. The molecular formula is C13H15N5O3. The van der Waals surface area contributed by atoms with E-state index in [2.05, 4.69) is 9.97 Å². The zero-order chi connectivity index (χ0) is 15.6. The summed E-state index contributed by atoms with van der Waals surface area (Å²) in [5.74, 6) is -0.0942. The minimum absolute atomic E-state index is 0.0739. The van der Waals surface area contributed by atoms with Crippen molar-refractivity contribution < 1.29 is 9.53 Å². The van der Waals surface area contributed by atoms with Gasteiger partial charge in [0.05, 0.1) is 12.2 Å². The van der Waals surface area contributed by atoms with E-state index in [4.69, 9.17) is 21.9 Å². The van der Waals surface area contributed by atoms with E-state index in [0.717, 1.165) is 0 Å². The van der Waals surface area contributed by atoms with Crippen molar-refractivity contribution >= 4 is 17.4 Å². The van der Waals surface area contributed by atoms with Crippen LogP contribution in [0.25, 0.3) is 11.4 Å². The summed E-state index contributed by atoms with van der Waals surface area (Å²) in [6, 6.07) is 4.55. The Balaban J connectivity index is 2.62. The lowest BCUT2D eigenvalue weighted by molar-refractivity contribution is 0.1000. The predicted octanol–water partition coefficient (Wildman–Crippen LogP) is 0.0989. The van der Waals surface area contributed by atoms with Crippen LogP contribution >= 0.6 is 0 Å². The lowest BCUT2D eigenvalue weighted by Crippen LogP contribution is -2.17. The summed E-state index contributed by atoms with van der Waals surface area (Å²) < 4.78 is 5.45. The molecule has 0 saturated heterocycles. The molecule has 7 N–H and O–H groups in total. The van der Waals surface area contributed by atoms with Crippen LogP contribution in [0.5, 0.6) is 5.75 Å². The SMILES string of the molecule is CCOc1cc(C(N)=O)ccc1-c1nc(N)c(N)c(=O)[nH]1. The van der Waals surface area contributed by atoms with Gasteiger partial charge in [-0.05, 0) is 25.1 Å². The van der Waals surface area contributed by atoms with Gasteiger partial charge in [0, 0.05) is 5.56 Å². The van der Waals surface area contributed by atoms with Gasteiger partial charge in [-0.3, -0.25) is 9.59 Å². The number of nitrogens with zero attached hydrogens (tertiary/aromatic N) is 1. The van der Waals surface area contributed by atoms with Gasteiger partial charge in [0.15, 0.2) is 5.82 Å². The number of hydrogen-bond acceptors (Lipinski definition) is 6. The Kier molecular flexibility index (Phi) is 3.79. The lowest BCUT2D eigenvalue weighted by Gasteiger charge is -2.11. The molecular weight excluding hydrogens is 274 g/mol. The number of primary amides is 1. The van der Waals surface area contributed by atoms with E-state index in [1.54, 1.807) is 13.0 Å². The Morgan fingerprint density at radius 2 is 2.10 bits per heavy atom. The number of aromatic amines is 1. The highest BCUT2D eigenvalue weighted by Crippen LogP contribution is 2.29. The molecule has 1 amide bonds. The van der Waals surface area contributed by atoms with Crippen molar-refractivity contribution in [3.05, 3.63) is 34.1 Å². The minimum atomic E-state index is -0.583. The van der Waals surface area contributed by atoms with Gasteiger partial charge < -0.3 is 26.9 Å². The number of carbonyl (C=O) groups is 1. The fraction of sp³-hybridized carbons (Fsp3) is 0.154. The predicted molar refractivity (Wildman–Crippen MR) is 78.8 cm³/mol. The van der Waals surface area contributed by atoms with E-state index in [1.165, 1.54) is 12.1 Å². The van der Waals surface area contributed by atoms with Crippen LogP contribution < -0.4 is 27.5 Å². The maximum atomic E-state index is 11.7. The van der Waals surface area contributed by atoms with Gasteiger partial charge in [0.25, 0.3) is 5.56 Å². The van der Waals surface area contributed by atoms with E-state index < -0.39 is 11.5 Å². The van der Waals surface area contributed by atoms with Crippen LogP contribution in [0.4, 0.5) is 11.5 Å². The second kappa shape index (κ2) is 5.53. The molecule has 8 heteroatoms. The van der Waals surface area contributed by atoms with Crippen LogP contribution in [0, 0.1) is 0 Å². The third kappa shape index (κ3) is 2.78. The largest absolute Gasteiger partial charge is 0.493 e. The number of nitrogen functional groups attached to an aromatic ring is 2. The Bertz CT molecular complexity index is 754. The van der Waals surface area contributed by atoms with Crippen LogP contribution in [0.3, 0.4) is 0 Å². The Morgan fingerprint density at radius 1 is 1.38 bits per heavy atom. The van der Waals surface area contributed by atoms with E-state index in [0.29, 0.717) is 17.9 Å². The molecule has 1 heterocycles. The summed E-state index contributed by atoms with van der Waals surface area (Å²) in [5.41, 5.74) is 16.4. The maximum absolute atomic E-state index is 11.7. The number of amides is 1. The Hall–Kier alpha value is -3.03. The van der Waals surface area contributed by atoms with Crippen LogP contribution in [0.1, 0.15) is 17.3 Å². The van der Waals surface area contributed by atoms with Gasteiger partial charge in [-0.15, -0.1) is 0 Å². The molecule has 0 aliphatic heterocycles. The monoisotopic (exact) mass is 289 g/mol. The summed E-state index contributed by atoms with van der Waals surface area (Å²) in [6.45, 7) is 2.15. The highest BCUT2D eigenvalue weighted by Gasteiger charge is 2.14.